The van der Waals surface area contributed by atoms with E-state index in [2.05, 4.69) is 19.2 Å². The van der Waals surface area contributed by atoms with Crippen molar-refractivity contribution in [3.63, 3.8) is 0 Å². The molecule has 3 aliphatic rings. The lowest BCUT2D eigenvalue weighted by atomic mass is 9.56. The van der Waals surface area contributed by atoms with Crippen LogP contribution in [0.2, 0.25) is 0 Å². The van der Waals surface area contributed by atoms with Gasteiger partial charge in [0.1, 0.15) is 18.3 Å². The summed E-state index contributed by atoms with van der Waals surface area (Å²) in [5.74, 6) is 0.0476. The van der Waals surface area contributed by atoms with Gasteiger partial charge in [0.05, 0.1) is 12.2 Å². The number of carbonyl (C=O) groups excluding carboxylic acids is 1. The van der Waals surface area contributed by atoms with Gasteiger partial charge in [-0.1, -0.05) is 58.9 Å². The van der Waals surface area contributed by atoms with E-state index in [1.165, 1.54) is 0 Å². The minimum Gasteiger partial charge on any atom is -0.445 e. The van der Waals surface area contributed by atoms with Gasteiger partial charge in [0.15, 0.2) is 0 Å². The van der Waals surface area contributed by atoms with E-state index in [1.54, 1.807) is 44.2 Å². The normalized spacial score (nSPS) is 41.3. The number of anilines is 1. The average Bonchev–Trinajstić information content (AvgIpc) is 3.38. The number of amides is 1. The Hall–Kier alpha value is -1.93. The highest BCUT2D eigenvalue weighted by atomic mass is 16.5. The van der Waals surface area contributed by atoms with Gasteiger partial charge in [0.2, 0.25) is 0 Å². The van der Waals surface area contributed by atoms with Crippen molar-refractivity contribution in [2.45, 2.75) is 71.4 Å². The van der Waals surface area contributed by atoms with Gasteiger partial charge >= 0.3 is 6.09 Å². The van der Waals surface area contributed by atoms with Crippen LogP contribution in [0.4, 0.5) is 10.5 Å². The molecular weight excluding hydrogens is 434 g/mol. The molecule has 1 amide bonds. The SMILES string of the molecule is CC[C@H](O)[C@@]1(O)[C@H](O)C(COC(=O)Nc2ccccc2)=C[C@@H]2C(O)[C@]1(C)[C@H](C)C[C@@H]1[C@H]2C1(C)C. The third-order valence-electron chi connectivity index (χ3n) is 9.49. The van der Waals surface area contributed by atoms with Crippen LogP contribution in [0.15, 0.2) is 42.0 Å². The van der Waals surface area contributed by atoms with Gasteiger partial charge in [-0.25, -0.2) is 4.79 Å². The van der Waals surface area contributed by atoms with E-state index in [0.717, 1.165) is 6.42 Å². The highest BCUT2D eigenvalue weighted by Crippen LogP contribution is 2.71. The molecule has 0 saturated heterocycles. The van der Waals surface area contributed by atoms with Crippen LogP contribution in [0, 0.1) is 34.5 Å². The van der Waals surface area contributed by atoms with Crippen LogP contribution in [0.1, 0.15) is 47.5 Å². The number of fused-ring (bicyclic) bond motifs is 4. The molecule has 0 aromatic heterocycles. The number of rotatable bonds is 5. The second-order valence-corrected chi connectivity index (χ2v) is 11.4. The first kappa shape index (κ1) is 25.2. The highest BCUT2D eigenvalue weighted by molar-refractivity contribution is 5.84. The quantitative estimate of drug-likeness (QED) is 0.419. The largest absolute Gasteiger partial charge is 0.445 e. The van der Waals surface area contributed by atoms with Crippen molar-refractivity contribution in [2.24, 2.45) is 34.5 Å². The monoisotopic (exact) mass is 473 g/mol. The van der Waals surface area contributed by atoms with Gasteiger partial charge in [-0.05, 0) is 53.7 Å². The molecule has 1 aromatic carbocycles. The lowest BCUT2D eigenvalue weighted by Crippen LogP contribution is -2.68. The summed E-state index contributed by atoms with van der Waals surface area (Å²) in [5, 5.41) is 49.0. The molecular formula is C27H39NO6. The fourth-order valence-electron chi connectivity index (χ4n) is 7.06. The number of carbonyl (C=O) groups is 1. The third kappa shape index (κ3) is 3.60. The molecule has 7 heteroatoms. The van der Waals surface area contributed by atoms with Crippen LogP contribution in [-0.4, -0.2) is 57.0 Å². The zero-order chi connectivity index (χ0) is 25.1. The van der Waals surface area contributed by atoms with Crippen LogP contribution >= 0.6 is 0 Å². The Morgan fingerprint density at radius 3 is 2.47 bits per heavy atom. The number of aliphatic hydroxyl groups is 4. The Labute approximate surface area is 201 Å². The average molecular weight is 474 g/mol. The molecule has 2 saturated carbocycles. The lowest BCUT2D eigenvalue weighted by Gasteiger charge is -2.55. The summed E-state index contributed by atoms with van der Waals surface area (Å²) in [4.78, 5) is 12.4. The number of aliphatic hydroxyl groups excluding tert-OH is 3. The maximum Gasteiger partial charge on any atom is 0.411 e. The van der Waals surface area contributed by atoms with Gasteiger partial charge in [-0.15, -0.1) is 0 Å². The smallest absolute Gasteiger partial charge is 0.411 e. The van der Waals surface area contributed by atoms with Crippen molar-refractivity contribution in [2.75, 3.05) is 11.9 Å². The van der Waals surface area contributed by atoms with Crippen molar-refractivity contribution >= 4 is 11.8 Å². The minimum absolute atomic E-state index is 0.0190. The summed E-state index contributed by atoms with van der Waals surface area (Å²) in [6.07, 6.45) is -1.64. The molecule has 4 rings (SSSR count). The first-order valence-electron chi connectivity index (χ1n) is 12.4. The van der Waals surface area contributed by atoms with E-state index in [9.17, 15) is 25.2 Å². The molecule has 5 N–H and O–H groups in total. The lowest BCUT2D eigenvalue weighted by molar-refractivity contribution is -0.247. The highest BCUT2D eigenvalue weighted by Gasteiger charge is 2.72. The molecule has 3 aliphatic carbocycles. The summed E-state index contributed by atoms with van der Waals surface area (Å²) >= 11 is 0. The van der Waals surface area contributed by atoms with E-state index in [1.807, 2.05) is 13.0 Å². The Balaban J connectivity index is 1.69. The van der Waals surface area contributed by atoms with Gasteiger partial charge in [-0.2, -0.15) is 0 Å². The third-order valence-corrected chi connectivity index (χ3v) is 9.49. The molecule has 188 valence electrons. The standard InChI is InChI=1S/C27H39NO6/c1-6-20(29)27(33)22(30)16(14-34-24(32)28-17-10-8-7-9-11-17)13-18-21-19(25(21,3)4)12-15(2)26(27,5)23(18)31/h7-11,13,15,18-23,29-31,33H,6,12,14H2,1-5H3,(H,28,32)/t15-,18+,19-,20+,21+,22-,23?,26+,27-/m1/s1. The van der Waals surface area contributed by atoms with Crippen molar-refractivity contribution in [1.29, 1.82) is 0 Å². The zero-order valence-corrected chi connectivity index (χ0v) is 20.7. The fraction of sp³-hybridized carbons (Fsp3) is 0.667. The predicted octanol–water partition coefficient (Wildman–Crippen LogP) is 3.33. The maximum absolute atomic E-state index is 12.4. The second kappa shape index (κ2) is 8.63. The van der Waals surface area contributed by atoms with Crippen molar-refractivity contribution in [1.82, 2.24) is 0 Å². The zero-order valence-electron chi connectivity index (χ0n) is 20.7. The first-order chi connectivity index (χ1) is 15.9. The summed E-state index contributed by atoms with van der Waals surface area (Å²) in [6.45, 7) is 9.64. The molecule has 0 spiro atoms. The van der Waals surface area contributed by atoms with Crippen LogP contribution in [0.3, 0.4) is 0 Å². The number of benzene rings is 1. The predicted molar refractivity (Wildman–Crippen MR) is 129 cm³/mol. The first-order valence-corrected chi connectivity index (χ1v) is 12.4. The molecule has 7 nitrogen and oxygen atoms in total. The number of nitrogens with one attached hydrogen (secondary N) is 1. The van der Waals surface area contributed by atoms with Crippen LogP contribution in [-0.2, 0) is 4.74 Å². The van der Waals surface area contributed by atoms with Crippen LogP contribution in [0.5, 0.6) is 0 Å². The van der Waals surface area contributed by atoms with Gasteiger partial charge in [0.25, 0.3) is 0 Å². The van der Waals surface area contributed by atoms with Crippen molar-refractivity contribution < 1.29 is 30.0 Å². The van der Waals surface area contributed by atoms with Crippen molar-refractivity contribution in [3.8, 4) is 0 Å². The molecule has 9 atom stereocenters. The number of ether oxygens (including phenoxy) is 1. The Kier molecular flexibility index (Phi) is 6.39. The van der Waals surface area contributed by atoms with E-state index >= 15 is 0 Å². The van der Waals surface area contributed by atoms with Crippen LogP contribution < -0.4 is 5.32 Å². The second-order valence-electron chi connectivity index (χ2n) is 11.4. The molecule has 2 bridgehead atoms. The number of para-hydroxylation sites is 1. The van der Waals surface area contributed by atoms with E-state index in [4.69, 9.17) is 4.74 Å². The van der Waals surface area contributed by atoms with Gasteiger partial charge in [0, 0.05) is 17.0 Å². The van der Waals surface area contributed by atoms with Crippen LogP contribution in [0.25, 0.3) is 0 Å². The van der Waals surface area contributed by atoms with E-state index in [-0.39, 0.29) is 36.2 Å². The van der Waals surface area contributed by atoms with E-state index in [0.29, 0.717) is 17.2 Å². The molecule has 0 aliphatic heterocycles. The Bertz CT molecular complexity index is 948. The number of hydrogen-bond donors (Lipinski definition) is 5. The molecule has 0 heterocycles. The van der Waals surface area contributed by atoms with Gasteiger partial charge in [-0.3, -0.25) is 5.32 Å². The molecule has 1 unspecified atom stereocenters. The Morgan fingerprint density at radius 1 is 1.21 bits per heavy atom. The fourth-order valence-corrected chi connectivity index (χ4v) is 7.06. The minimum atomic E-state index is -2.01. The number of hydrogen-bond acceptors (Lipinski definition) is 6. The summed E-state index contributed by atoms with van der Waals surface area (Å²) < 4.78 is 5.44. The molecule has 34 heavy (non-hydrogen) atoms. The summed E-state index contributed by atoms with van der Waals surface area (Å²) in [5.41, 5.74) is -2.28. The van der Waals surface area contributed by atoms with Gasteiger partial charge < -0.3 is 25.2 Å². The summed E-state index contributed by atoms with van der Waals surface area (Å²) in [7, 11) is 0. The molecule has 1 aromatic rings. The Morgan fingerprint density at radius 2 is 1.85 bits per heavy atom. The summed E-state index contributed by atoms with van der Waals surface area (Å²) in [6, 6.07) is 8.89. The topological polar surface area (TPSA) is 119 Å². The van der Waals surface area contributed by atoms with Crippen molar-refractivity contribution in [3.05, 3.63) is 42.0 Å². The van der Waals surface area contributed by atoms with E-state index < -0.39 is 35.4 Å². The maximum atomic E-state index is 12.4. The molecule has 0 radical (unpaired) electrons. The molecule has 2 fully saturated rings.